The summed E-state index contributed by atoms with van der Waals surface area (Å²) in [4.78, 5) is 29.2. The lowest BCUT2D eigenvalue weighted by molar-refractivity contribution is 0.101. The van der Waals surface area contributed by atoms with Crippen LogP contribution in [0.25, 0.3) is 5.65 Å². The third kappa shape index (κ3) is 4.10. The minimum absolute atomic E-state index is 0.0346. The van der Waals surface area contributed by atoms with Crippen molar-refractivity contribution in [1.82, 2.24) is 24.4 Å². The average Bonchev–Trinajstić information content (AvgIpc) is 3.33. The van der Waals surface area contributed by atoms with E-state index >= 15 is 0 Å². The number of carbonyl (C=O) groups excluding carboxylic acids is 2. The van der Waals surface area contributed by atoms with Crippen LogP contribution in [0.1, 0.15) is 38.7 Å². The summed E-state index contributed by atoms with van der Waals surface area (Å²) in [6.45, 7) is 1.56. The van der Waals surface area contributed by atoms with Crippen molar-refractivity contribution in [3.63, 3.8) is 0 Å². The second-order valence-electron chi connectivity index (χ2n) is 6.78. The number of hydrogen-bond donors (Lipinski definition) is 2. The van der Waals surface area contributed by atoms with Gasteiger partial charge in [-0.05, 0) is 37.3 Å². The van der Waals surface area contributed by atoms with Crippen molar-refractivity contribution in [2.45, 2.75) is 13.3 Å². The van der Waals surface area contributed by atoms with Crippen molar-refractivity contribution in [1.29, 1.82) is 0 Å². The molecule has 31 heavy (non-hydrogen) atoms. The average molecular weight is 425 g/mol. The fourth-order valence-electron chi connectivity index (χ4n) is 3.03. The molecule has 0 aliphatic heterocycles. The number of aromatic nitrogens is 5. The van der Waals surface area contributed by atoms with Crippen LogP contribution in [-0.2, 0) is 7.05 Å². The highest BCUT2D eigenvalue weighted by Gasteiger charge is 2.20. The topological polar surface area (TPSA) is 106 Å². The Morgan fingerprint density at radius 3 is 2.42 bits per heavy atom. The molecule has 4 aromatic rings. The summed E-state index contributed by atoms with van der Waals surface area (Å²) >= 11 is 0. The van der Waals surface area contributed by atoms with Gasteiger partial charge in [-0.2, -0.15) is 10.2 Å². The summed E-state index contributed by atoms with van der Waals surface area (Å²) in [5.74, 6) is -0.965. The number of fused-ring (bicyclic) bond motifs is 1. The first-order valence-electron chi connectivity index (χ1n) is 9.17. The molecule has 11 heteroatoms. The van der Waals surface area contributed by atoms with Crippen LogP contribution in [0.2, 0.25) is 0 Å². The van der Waals surface area contributed by atoms with E-state index in [4.69, 9.17) is 0 Å². The van der Waals surface area contributed by atoms with E-state index in [1.54, 1.807) is 50.5 Å². The van der Waals surface area contributed by atoms with Gasteiger partial charge < -0.3 is 10.6 Å². The Hall–Kier alpha value is -4.15. The Kier molecular flexibility index (Phi) is 5.15. The van der Waals surface area contributed by atoms with Crippen LogP contribution in [0.5, 0.6) is 0 Å². The van der Waals surface area contributed by atoms with E-state index in [0.29, 0.717) is 17.1 Å². The summed E-state index contributed by atoms with van der Waals surface area (Å²) in [5.41, 5.74) is 1.17. The van der Waals surface area contributed by atoms with Gasteiger partial charge in [-0.25, -0.2) is 18.3 Å². The molecule has 2 N–H and O–H groups in total. The van der Waals surface area contributed by atoms with Crippen LogP contribution in [-0.4, -0.2) is 36.2 Å². The van der Waals surface area contributed by atoms with Gasteiger partial charge in [0.25, 0.3) is 18.2 Å². The van der Waals surface area contributed by atoms with E-state index in [2.05, 4.69) is 25.8 Å². The summed E-state index contributed by atoms with van der Waals surface area (Å²) in [6.07, 6.45) is 0.0755. The second kappa shape index (κ2) is 7.94. The summed E-state index contributed by atoms with van der Waals surface area (Å²) < 4.78 is 29.0. The number of nitrogens with zero attached hydrogens (tertiary/aromatic N) is 5. The first-order valence-corrected chi connectivity index (χ1v) is 9.17. The molecule has 0 bridgehead atoms. The standard InChI is InChI=1S/C20H17F2N7O2/c1-11-8-16(17(21)22)29-18(24-11)14(10-23-29)19(30)25-12-4-3-5-13(9-12)26-20(31)15-6-7-28(2)27-15/h3-10,17H,1-2H3,(H,25,30)(H,26,31). The number of rotatable bonds is 5. The van der Waals surface area contributed by atoms with Crippen molar-refractivity contribution >= 4 is 28.8 Å². The molecule has 2 amide bonds. The summed E-state index contributed by atoms with van der Waals surface area (Å²) in [6, 6.07) is 9.30. The van der Waals surface area contributed by atoms with Gasteiger partial charge in [0.1, 0.15) is 11.3 Å². The van der Waals surface area contributed by atoms with E-state index in [9.17, 15) is 18.4 Å². The Balaban J connectivity index is 1.55. The molecule has 0 spiro atoms. The van der Waals surface area contributed by atoms with E-state index in [-0.39, 0.29) is 22.6 Å². The molecule has 0 saturated heterocycles. The molecule has 0 radical (unpaired) electrons. The number of carbonyl (C=O) groups is 2. The van der Waals surface area contributed by atoms with Crippen molar-refractivity contribution in [2.75, 3.05) is 10.6 Å². The number of nitrogens with one attached hydrogen (secondary N) is 2. The normalized spacial score (nSPS) is 11.1. The summed E-state index contributed by atoms with van der Waals surface area (Å²) in [7, 11) is 1.70. The predicted octanol–water partition coefficient (Wildman–Crippen LogP) is 3.21. The molecule has 0 fully saturated rings. The first kappa shape index (κ1) is 20.1. The van der Waals surface area contributed by atoms with Gasteiger partial charge in [-0.3, -0.25) is 14.3 Å². The Labute approximate surface area is 174 Å². The van der Waals surface area contributed by atoms with Gasteiger partial charge in [-0.1, -0.05) is 6.07 Å². The van der Waals surface area contributed by atoms with Crippen molar-refractivity contribution in [2.24, 2.45) is 7.05 Å². The Morgan fingerprint density at radius 2 is 1.77 bits per heavy atom. The van der Waals surface area contributed by atoms with E-state index < -0.39 is 18.2 Å². The van der Waals surface area contributed by atoms with Crippen LogP contribution in [0, 0.1) is 6.92 Å². The quantitative estimate of drug-likeness (QED) is 0.511. The monoisotopic (exact) mass is 425 g/mol. The maximum absolute atomic E-state index is 13.3. The van der Waals surface area contributed by atoms with E-state index in [1.807, 2.05) is 0 Å². The molecule has 0 aliphatic carbocycles. The molecule has 3 aromatic heterocycles. The zero-order chi connectivity index (χ0) is 22.1. The third-order valence-corrected chi connectivity index (χ3v) is 4.42. The zero-order valence-corrected chi connectivity index (χ0v) is 16.5. The SMILES string of the molecule is Cc1cc(C(F)F)n2ncc(C(=O)Nc3cccc(NC(=O)c4ccn(C)n4)c3)c2n1. The highest BCUT2D eigenvalue weighted by atomic mass is 19.3. The molecule has 0 atom stereocenters. The lowest BCUT2D eigenvalue weighted by atomic mass is 10.2. The predicted molar refractivity (Wildman–Crippen MR) is 108 cm³/mol. The minimum atomic E-state index is -2.76. The van der Waals surface area contributed by atoms with Crippen LogP contribution < -0.4 is 10.6 Å². The molecule has 158 valence electrons. The highest BCUT2D eigenvalue weighted by molar-refractivity contribution is 6.08. The maximum Gasteiger partial charge on any atom is 0.280 e. The molecular weight excluding hydrogens is 408 g/mol. The number of hydrogen-bond acceptors (Lipinski definition) is 5. The van der Waals surface area contributed by atoms with Gasteiger partial charge in [0, 0.05) is 30.3 Å². The molecule has 4 rings (SSSR count). The Bertz CT molecular complexity index is 1300. The second-order valence-corrected chi connectivity index (χ2v) is 6.78. The fourth-order valence-corrected chi connectivity index (χ4v) is 3.03. The highest BCUT2D eigenvalue weighted by Crippen LogP contribution is 2.23. The third-order valence-electron chi connectivity index (χ3n) is 4.42. The number of halogens is 2. The largest absolute Gasteiger partial charge is 0.322 e. The van der Waals surface area contributed by atoms with Gasteiger partial charge in [0.2, 0.25) is 0 Å². The first-order chi connectivity index (χ1) is 14.8. The summed E-state index contributed by atoms with van der Waals surface area (Å²) in [5, 5.41) is 13.3. The molecule has 3 heterocycles. The van der Waals surface area contributed by atoms with Crippen molar-refractivity contribution in [3.05, 3.63) is 71.4 Å². The molecule has 9 nitrogen and oxygen atoms in total. The van der Waals surface area contributed by atoms with Crippen LogP contribution in [0.15, 0.2) is 48.8 Å². The van der Waals surface area contributed by atoms with Crippen LogP contribution in [0.4, 0.5) is 20.2 Å². The lowest BCUT2D eigenvalue weighted by Crippen LogP contribution is -2.15. The number of anilines is 2. The number of benzene rings is 1. The molecule has 1 aromatic carbocycles. The van der Waals surface area contributed by atoms with Crippen molar-refractivity contribution in [3.8, 4) is 0 Å². The fraction of sp³-hybridized carbons (Fsp3) is 0.150. The molecule has 0 aliphatic rings. The molecular formula is C20H17F2N7O2. The van der Waals surface area contributed by atoms with Gasteiger partial charge >= 0.3 is 0 Å². The van der Waals surface area contributed by atoms with Gasteiger partial charge in [0.15, 0.2) is 11.3 Å². The Morgan fingerprint density at radius 1 is 1.06 bits per heavy atom. The van der Waals surface area contributed by atoms with Gasteiger partial charge in [-0.15, -0.1) is 0 Å². The molecule has 0 saturated carbocycles. The van der Waals surface area contributed by atoms with Crippen LogP contribution in [0.3, 0.4) is 0 Å². The maximum atomic E-state index is 13.3. The van der Waals surface area contributed by atoms with Crippen LogP contribution >= 0.6 is 0 Å². The molecule has 0 unspecified atom stereocenters. The number of alkyl halides is 2. The minimum Gasteiger partial charge on any atom is -0.322 e. The number of aryl methyl sites for hydroxylation is 2. The lowest BCUT2D eigenvalue weighted by Gasteiger charge is -2.08. The van der Waals surface area contributed by atoms with E-state index in [1.165, 1.54) is 16.9 Å². The van der Waals surface area contributed by atoms with E-state index in [0.717, 1.165) is 4.52 Å². The number of amides is 2. The van der Waals surface area contributed by atoms with Gasteiger partial charge in [0.05, 0.1) is 6.20 Å². The zero-order valence-electron chi connectivity index (χ0n) is 16.5. The van der Waals surface area contributed by atoms with Crippen molar-refractivity contribution < 1.29 is 18.4 Å². The smallest absolute Gasteiger partial charge is 0.280 e.